The van der Waals surface area contributed by atoms with Gasteiger partial charge in [-0.1, -0.05) is 11.6 Å². The maximum Gasteiger partial charge on any atom is 0.151 e. The second-order valence-corrected chi connectivity index (χ2v) is 3.77. The summed E-state index contributed by atoms with van der Waals surface area (Å²) in [4.78, 5) is 7.87. The maximum absolute atomic E-state index is 5.61. The largest absolute Gasteiger partial charge is 0.245 e. The zero-order chi connectivity index (χ0) is 9.80. The Labute approximate surface area is 89.8 Å². The first-order chi connectivity index (χ1) is 6.84. The van der Waals surface area contributed by atoms with Crippen LogP contribution in [-0.2, 0) is 0 Å². The quantitative estimate of drug-likeness (QED) is 0.731. The average Bonchev–Trinajstić information content (AvgIpc) is 2.23. The van der Waals surface area contributed by atoms with Gasteiger partial charge in [-0.25, -0.2) is 9.97 Å². The number of hydrogen-bond acceptors (Lipinski definition) is 5. The van der Waals surface area contributed by atoms with Crippen molar-refractivity contribution in [2.75, 3.05) is 0 Å². The van der Waals surface area contributed by atoms with Crippen LogP contribution in [0.25, 0.3) is 0 Å². The Morgan fingerprint density at radius 2 is 2.00 bits per heavy atom. The molecule has 0 aliphatic carbocycles. The molecule has 0 aromatic carbocycles. The first-order valence-electron chi connectivity index (χ1n) is 3.78. The second kappa shape index (κ2) is 4.34. The lowest BCUT2D eigenvalue weighted by Gasteiger charge is -1.97. The van der Waals surface area contributed by atoms with Gasteiger partial charge in [-0.3, -0.25) is 0 Å². The Kier molecular flexibility index (Phi) is 2.90. The summed E-state index contributed by atoms with van der Waals surface area (Å²) in [5.74, 6) is 0. The SMILES string of the molecule is Clc1ccc(Sc2ccncn2)nn1. The average molecular weight is 225 g/mol. The molecule has 2 aromatic rings. The topological polar surface area (TPSA) is 51.6 Å². The first kappa shape index (κ1) is 9.36. The third-order valence-corrected chi connectivity index (χ3v) is 2.45. The monoisotopic (exact) mass is 224 g/mol. The fourth-order valence-corrected chi connectivity index (χ4v) is 1.57. The van der Waals surface area contributed by atoms with Crippen LogP contribution < -0.4 is 0 Å². The second-order valence-electron chi connectivity index (χ2n) is 2.34. The minimum atomic E-state index is 0.386. The van der Waals surface area contributed by atoms with Gasteiger partial charge in [0.1, 0.15) is 16.4 Å². The molecular weight excluding hydrogens is 220 g/mol. The molecule has 0 saturated heterocycles. The Morgan fingerprint density at radius 1 is 1.07 bits per heavy atom. The van der Waals surface area contributed by atoms with Crippen LogP contribution in [-0.4, -0.2) is 20.2 Å². The molecule has 2 heterocycles. The van der Waals surface area contributed by atoms with Crippen molar-refractivity contribution in [3.8, 4) is 0 Å². The van der Waals surface area contributed by atoms with Crippen LogP contribution in [0.1, 0.15) is 0 Å². The Hall–Kier alpha value is -1.20. The van der Waals surface area contributed by atoms with Crippen molar-refractivity contribution in [2.45, 2.75) is 10.1 Å². The van der Waals surface area contributed by atoms with E-state index in [1.54, 1.807) is 24.4 Å². The van der Waals surface area contributed by atoms with Crippen LogP contribution in [0.3, 0.4) is 0 Å². The van der Waals surface area contributed by atoms with Gasteiger partial charge in [-0.15, -0.1) is 10.2 Å². The molecular formula is C8H5ClN4S. The third kappa shape index (κ3) is 2.40. The highest BCUT2D eigenvalue weighted by Gasteiger charge is 1.99. The van der Waals surface area contributed by atoms with E-state index in [1.807, 2.05) is 0 Å². The predicted molar refractivity (Wildman–Crippen MR) is 53.2 cm³/mol. The molecule has 0 saturated carbocycles. The molecule has 14 heavy (non-hydrogen) atoms. The van der Waals surface area contributed by atoms with E-state index < -0.39 is 0 Å². The van der Waals surface area contributed by atoms with Crippen LogP contribution >= 0.6 is 23.4 Å². The van der Waals surface area contributed by atoms with E-state index in [-0.39, 0.29) is 0 Å². The fraction of sp³-hybridized carbons (Fsp3) is 0. The van der Waals surface area contributed by atoms with Crippen LogP contribution in [0.5, 0.6) is 0 Å². The maximum atomic E-state index is 5.61. The molecule has 0 aliphatic rings. The number of aromatic nitrogens is 4. The van der Waals surface area contributed by atoms with Crippen molar-refractivity contribution < 1.29 is 0 Å². The lowest BCUT2D eigenvalue weighted by atomic mass is 10.6. The highest BCUT2D eigenvalue weighted by Crippen LogP contribution is 2.22. The van der Waals surface area contributed by atoms with E-state index in [1.165, 1.54) is 18.1 Å². The molecule has 0 bridgehead atoms. The van der Waals surface area contributed by atoms with Crippen molar-refractivity contribution in [3.05, 3.63) is 35.9 Å². The van der Waals surface area contributed by atoms with Crippen molar-refractivity contribution in [3.63, 3.8) is 0 Å². The van der Waals surface area contributed by atoms with Crippen LogP contribution in [0.2, 0.25) is 5.15 Å². The summed E-state index contributed by atoms with van der Waals surface area (Å²) in [5, 5.41) is 9.59. The van der Waals surface area contributed by atoms with Gasteiger partial charge in [0.2, 0.25) is 0 Å². The fourth-order valence-electron chi connectivity index (χ4n) is 0.804. The molecule has 2 rings (SSSR count). The molecule has 0 radical (unpaired) electrons. The van der Waals surface area contributed by atoms with Gasteiger partial charge < -0.3 is 0 Å². The van der Waals surface area contributed by atoms with Gasteiger partial charge in [0, 0.05) is 6.20 Å². The molecule has 0 N–H and O–H groups in total. The van der Waals surface area contributed by atoms with E-state index >= 15 is 0 Å². The summed E-state index contributed by atoms with van der Waals surface area (Å²) in [6, 6.07) is 5.29. The van der Waals surface area contributed by atoms with Crippen molar-refractivity contribution in [2.24, 2.45) is 0 Å². The molecule has 2 aromatic heterocycles. The molecule has 0 amide bonds. The Morgan fingerprint density at radius 3 is 2.64 bits per heavy atom. The summed E-state index contributed by atoms with van der Waals surface area (Å²) in [6.45, 7) is 0. The van der Waals surface area contributed by atoms with Gasteiger partial charge in [0.05, 0.1) is 0 Å². The minimum Gasteiger partial charge on any atom is -0.245 e. The lowest BCUT2D eigenvalue weighted by Crippen LogP contribution is -1.86. The van der Waals surface area contributed by atoms with E-state index in [0.29, 0.717) is 5.15 Å². The number of halogens is 1. The van der Waals surface area contributed by atoms with E-state index in [2.05, 4.69) is 20.2 Å². The predicted octanol–water partition coefficient (Wildman–Crippen LogP) is 2.07. The van der Waals surface area contributed by atoms with Gasteiger partial charge in [0.15, 0.2) is 5.15 Å². The number of hydrogen-bond donors (Lipinski definition) is 0. The van der Waals surface area contributed by atoms with Crippen molar-refractivity contribution in [1.82, 2.24) is 20.2 Å². The molecule has 0 fully saturated rings. The third-order valence-electron chi connectivity index (χ3n) is 1.37. The highest BCUT2D eigenvalue weighted by molar-refractivity contribution is 7.99. The highest BCUT2D eigenvalue weighted by atomic mass is 35.5. The van der Waals surface area contributed by atoms with Gasteiger partial charge >= 0.3 is 0 Å². The Balaban J connectivity index is 2.16. The zero-order valence-corrected chi connectivity index (χ0v) is 8.53. The molecule has 0 atom stereocenters. The first-order valence-corrected chi connectivity index (χ1v) is 4.97. The summed E-state index contributed by atoms with van der Waals surface area (Å²) in [6.07, 6.45) is 3.17. The smallest absolute Gasteiger partial charge is 0.151 e. The molecule has 0 unspecified atom stereocenters. The van der Waals surface area contributed by atoms with Crippen LogP contribution in [0, 0.1) is 0 Å². The van der Waals surface area contributed by atoms with Crippen molar-refractivity contribution in [1.29, 1.82) is 0 Å². The molecule has 4 nitrogen and oxygen atoms in total. The minimum absolute atomic E-state index is 0.386. The van der Waals surface area contributed by atoms with E-state index in [9.17, 15) is 0 Å². The summed E-state index contributed by atoms with van der Waals surface area (Å²) in [5.41, 5.74) is 0. The standard InChI is InChI=1S/C8H5ClN4S/c9-6-1-2-8(13-12-6)14-7-3-4-10-5-11-7/h1-5H. The van der Waals surface area contributed by atoms with Crippen LogP contribution in [0.15, 0.2) is 40.8 Å². The van der Waals surface area contributed by atoms with Crippen molar-refractivity contribution >= 4 is 23.4 Å². The molecule has 0 spiro atoms. The summed E-state index contributed by atoms with van der Waals surface area (Å²) >= 11 is 7.02. The van der Waals surface area contributed by atoms with E-state index in [0.717, 1.165) is 10.1 Å². The summed E-state index contributed by atoms with van der Waals surface area (Å²) < 4.78 is 0. The van der Waals surface area contributed by atoms with Crippen LogP contribution in [0.4, 0.5) is 0 Å². The number of nitrogens with zero attached hydrogens (tertiary/aromatic N) is 4. The van der Waals surface area contributed by atoms with E-state index in [4.69, 9.17) is 11.6 Å². The number of rotatable bonds is 2. The van der Waals surface area contributed by atoms with Gasteiger partial charge in [0.25, 0.3) is 0 Å². The molecule has 6 heteroatoms. The molecule has 0 aliphatic heterocycles. The Bertz CT molecular complexity index is 405. The molecule has 70 valence electrons. The van der Waals surface area contributed by atoms with Gasteiger partial charge in [-0.2, -0.15) is 0 Å². The zero-order valence-electron chi connectivity index (χ0n) is 6.96. The normalized spacial score (nSPS) is 10.1. The summed E-state index contributed by atoms with van der Waals surface area (Å²) in [7, 11) is 0. The van der Waals surface area contributed by atoms with Gasteiger partial charge in [-0.05, 0) is 30.0 Å². The lowest BCUT2D eigenvalue weighted by molar-refractivity contribution is 0.925.